The summed E-state index contributed by atoms with van der Waals surface area (Å²) >= 11 is 13.0. The lowest BCUT2D eigenvalue weighted by atomic mass is 10.3. The Bertz CT molecular complexity index is 555. The molecule has 3 nitrogen and oxygen atoms in total. The maximum absolute atomic E-state index is 11.5. The number of hydrogen-bond donors (Lipinski definition) is 0. The molecule has 19 heavy (non-hydrogen) atoms. The zero-order valence-corrected chi connectivity index (χ0v) is 12.1. The second kappa shape index (κ2) is 6.80. The Balaban J connectivity index is 1.76. The van der Waals surface area contributed by atoms with E-state index in [1.165, 1.54) is 11.3 Å². The minimum Gasteiger partial charge on any atom is -0.488 e. The Morgan fingerprint density at radius 2 is 2.05 bits per heavy atom. The van der Waals surface area contributed by atoms with Crippen LogP contribution in [0.5, 0.6) is 5.75 Å². The summed E-state index contributed by atoms with van der Waals surface area (Å²) in [5.74, 6) is 0.166. The Morgan fingerprint density at radius 1 is 1.21 bits per heavy atom. The number of carbonyl (C=O) groups excluding carboxylic acids is 1. The lowest BCUT2D eigenvalue weighted by Crippen LogP contribution is -2.11. The number of benzene rings is 1. The molecule has 0 spiro atoms. The average molecular weight is 317 g/mol. The zero-order valence-electron chi connectivity index (χ0n) is 9.77. The van der Waals surface area contributed by atoms with E-state index in [-0.39, 0.29) is 19.2 Å². The molecule has 2 aromatic rings. The van der Waals surface area contributed by atoms with Crippen LogP contribution < -0.4 is 4.74 Å². The number of halogens is 2. The van der Waals surface area contributed by atoms with Gasteiger partial charge in [-0.25, -0.2) is 4.79 Å². The molecule has 0 atom stereocenters. The van der Waals surface area contributed by atoms with E-state index in [0.717, 1.165) is 0 Å². The van der Waals surface area contributed by atoms with Gasteiger partial charge in [0, 0.05) is 5.02 Å². The van der Waals surface area contributed by atoms with Gasteiger partial charge in [-0.1, -0.05) is 29.3 Å². The van der Waals surface area contributed by atoms with Crippen LogP contribution in [0.1, 0.15) is 9.67 Å². The van der Waals surface area contributed by atoms with E-state index in [4.69, 9.17) is 32.7 Å². The molecule has 0 amide bonds. The largest absolute Gasteiger partial charge is 0.488 e. The minimum atomic E-state index is -0.346. The Labute approximate surface area is 124 Å². The Hall–Kier alpha value is -1.23. The molecule has 6 heteroatoms. The third kappa shape index (κ3) is 4.13. The van der Waals surface area contributed by atoms with Gasteiger partial charge in [-0.2, -0.15) is 0 Å². The molecule has 0 bridgehead atoms. The van der Waals surface area contributed by atoms with Crippen LogP contribution in [0.2, 0.25) is 10.0 Å². The first kappa shape index (κ1) is 14.2. The smallest absolute Gasteiger partial charge is 0.348 e. The van der Waals surface area contributed by atoms with Gasteiger partial charge in [-0.15, -0.1) is 11.3 Å². The average Bonchev–Trinajstić information content (AvgIpc) is 2.90. The van der Waals surface area contributed by atoms with E-state index in [1.54, 1.807) is 30.3 Å². The fraction of sp³-hybridized carbons (Fsp3) is 0.154. The van der Waals surface area contributed by atoms with E-state index in [0.29, 0.717) is 20.7 Å². The van der Waals surface area contributed by atoms with Crippen molar-refractivity contribution in [2.45, 2.75) is 0 Å². The first-order valence-electron chi connectivity index (χ1n) is 5.45. The van der Waals surface area contributed by atoms with Crippen LogP contribution in [-0.4, -0.2) is 19.2 Å². The third-order valence-electron chi connectivity index (χ3n) is 2.19. The van der Waals surface area contributed by atoms with Crippen LogP contribution in [-0.2, 0) is 4.74 Å². The highest BCUT2D eigenvalue weighted by Crippen LogP contribution is 2.27. The number of ether oxygens (including phenoxy) is 2. The van der Waals surface area contributed by atoms with Gasteiger partial charge in [0.1, 0.15) is 23.8 Å². The molecule has 0 saturated carbocycles. The van der Waals surface area contributed by atoms with E-state index in [2.05, 4.69) is 0 Å². The van der Waals surface area contributed by atoms with Gasteiger partial charge in [0.25, 0.3) is 0 Å². The van der Waals surface area contributed by atoms with Gasteiger partial charge >= 0.3 is 5.97 Å². The van der Waals surface area contributed by atoms with Crippen molar-refractivity contribution in [1.29, 1.82) is 0 Å². The van der Waals surface area contributed by atoms with Crippen LogP contribution in [0, 0.1) is 0 Å². The predicted octanol–water partition coefficient (Wildman–Crippen LogP) is 4.29. The maximum Gasteiger partial charge on any atom is 0.348 e. The van der Waals surface area contributed by atoms with Crippen molar-refractivity contribution in [3.8, 4) is 5.75 Å². The fourth-order valence-electron chi connectivity index (χ4n) is 1.34. The number of hydrogen-bond acceptors (Lipinski definition) is 4. The summed E-state index contributed by atoms with van der Waals surface area (Å²) < 4.78 is 10.4. The molecule has 0 radical (unpaired) electrons. The number of rotatable bonds is 5. The molecule has 100 valence electrons. The summed E-state index contributed by atoms with van der Waals surface area (Å²) in [7, 11) is 0. The van der Waals surface area contributed by atoms with E-state index in [9.17, 15) is 4.79 Å². The maximum atomic E-state index is 11.5. The highest BCUT2D eigenvalue weighted by molar-refractivity contribution is 7.11. The monoisotopic (exact) mass is 316 g/mol. The van der Waals surface area contributed by atoms with Crippen molar-refractivity contribution < 1.29 is 14.3 Å². The summed E-state index contributed by atoms with van der Waals surface area (Å²) in [6, 6.07) is 8.46. The van der Waals surface area contributed by atoms with E-state index < -0.39 is 0 Å². The standard InChI is InChI=1S/C13H10Cl2O3S/c14-9-3-4-11(10(15)8-9)17-5-6-18-13(16)12-2-1-7-19-12/h1-4,7-8H,5-6H2. The van der Waals surface area contributed by atoms with Gasteiger partial charge in [-0.05, 0) is 29.6 Å². The van der Waals surface area contributed by atoms with Crippen LogP contribution in [0.15, 0.2) is 35.7 Å². The normalized spacial score (nSPS) is 10.2. The molecule has 0 N–H and O–H groups in total. The fourth-order valence-corrected chi connectivity index (χ4v) is 2.42. The molecule has 1 aromatic heterocycles. The minimum absolute atomic E-state index is 0.162. The topological polar surface area (TPSA) is 35.5 Å². The van der Waals surface area contributed by atoms with Gasteiger partial charge in [0.05, 0.1) is 5.02 Å². The van der Waals surface area contributed by atoms with Crippen molar-refractivity contribution >= 4 is 40.5 Å². The molecule has 0 aliphatic heterocycles. The second-order valence-electron chi connectivity index (χ2n) is 3.54. The highest BCUT2D eigenvalue weighted by atomic mass is 35.5. The lowest BCUT2D eigenvalue weighted by Gasteiger charge is -2.08. The number of carbonyl (C=O) groups is 1. The quantitative estimate of drug-likeness (QED) is 0.609. The molecular formula is C13H10Cl2O3S. The summed E-state index contributed by atoms with van der Waals surface area (Å²) in [6.45, 7) is 0.397. The molecule has 2 rings (SSSR count). The summed E-state index contributed by atoms with van der Waals surface area (Å²) in [6.07, 6.45) is 0. The molecule has 0 fully saturated rings. The van der Waals surface area contributed by atoms with Crippen molar-refractivity contribution in [1.82, 2.24) is 0 Å². The SMILES string of the molecule is O=C(OCCOc1ccc(Cl)cc1Cl)c1cccs1. The van der Waals surface area contributed by atoms with Gasteiger partial charge < -0.3 is 9.47 Å². The summed E-state index contributed by atoms with van der Waals surface area (Å²) in [5.41, 5.74) is 0. The molecule has 0 unspecified atom stereocenters. The van der Waals surface area contributed by atoms with Crippen molar-refractivity contribution in [2.75, 3.05) is 13.2 Å². The van der Waals surface area contributed by atoms with Gasteiger partial charge in [0.2, 0.25) is 0 Å². The first-order valence-corrected chi connectivity index (χ1v) is 7.09. The Kier molecular flexibility index (Phi) is 5.07. The van der Waals surface area contributed by atoms with Crippen LogP contribution in [0.3, 0.4) is 0 Å². The van der Waals surface area contributed by atoms with Crippen LogP contribution >= 0.6 is 34.5 Å². The van der Waals surface area contributed by atoms with Crippen molar-refractivity contribution in [3.63, 3.8) is 0 Å². The molecular weight excluding hydrogens is 307 g/mol. The second-order valence-corrected chi connectivity index (χ2v) is 5.33. The summed E-state index contributed by atoms with van der Waals surface area (Å²) in [4.78, 5) is 12.1. The first-order chi connectivity index (χ1) is 9.16. The third-order valence-corrected chi connectivity index (χ3v) is 3.57. The van der Waals surface area contributed by atoms with Gasteiger partial charge in [-0.3, -0.25) is 0 Å². The number of esters is 1. The van der Waals surface area contributed by atoms with Crippen LogP contribution in [0.25, 0.3) is 0 Å². The van der Waals surface area contributed by atoms with E-state index in [1.807, 2.05) is 5.38 Å². The van der Waals surface area contributed by atoms with Gasteiger partial charge in [0.15, 0.2) is 0 Å². The number of thiophene rings is 1. The van der Waals surface area contributed by atoms with Crippen molar-refractivity contribution in [2.24, 2.45) is 0 Å². The molecule has 1 aromatic carbocycles. The van der Waals surface area contributed by atoms with Crippen molar-refractivity contribution in [3.05, 3.63) is 50.6 Å². The highest BCUT2D eigenvalue weighted by Gasteiger charge is 2.08. The molecule has 0 aliphatic carbocycles. The Morgan fingerprint density at radius 3 is 2.74 bits per heavy atom. The van der Waals surface area contributed by atoms with E-state index >= 15 is 0 Å². The molecule has 0 saturated heterocycles. The predicted molar refractivity (Wildman–Crippen MR) is 76.6 cm³/mol. The summed E-state index contributed by atoms with van der Waals surface area (Å²) in [5, 5.41) is 2.79. The lowest BCUT2D eigenvalue weighted by molar-refractivity contribution is 0.0456. The van der Waals surface area contributed by atoms with Crippen LogP contribution in [0.4, 0.5) is 0 Å². The zero-order chi connectivity index (χ0) is 13.7. The molecule has 1 heterocycles. The molecule has 0 aliphatic rings.